The van der Waals surface area contributed by atoms with E-state index in [1.807, 2.05) is 42.5 Å². The summed E-state index contributed by atoms with van der Waals surface area (Å²) in [5.41, 5.74) is 2.18. The van der Waals surface area contributed by atoms with Crippen molar-refractivity contribution in [2.24, 2.45) is 0 Å². The fraction of sp³-hybridized carbons (Fsp3) is 0.500. The molecule has 196 valence electrons. The molecule has 0 spiro atoms. The molecule has 0 aliphatic carbocycles. The Morgan fingerprint density at radius 2 is 1.72 bits per heavy atom. The fourth-order valence-corrected chi connectivity index (χ4v) is 4.56. The second-order valence-corrected chi connectivity index (χ2v) is 9.08. The van der Waals surface area contributed by atoms with Crippen LogP contribution in [0.2, 0.25) is 0 Å². The van der Waals surface area contributed by atoms with E-state index in [0.717, 1.165) is 35.9 Å². The lowest BCUT2D eigenvalue weighted by Gasteiger charge is -2.39. The number of nitrogens with one attached hydrogen (secondary N) is 1. The highest BCUT2D eigenvalue weighted by Crippen LogP contribution is 2.35. The average Bonchev–Trinajstić information content (AvgIpc) is 2.89. The molecular weight excluding hydrogens is 458 g/mol. The van der Waals surface area contributed by atoms with Crippen molar-refractivity contribution in [1.82, 2.24) is 10.2 Å². The van der Waals surface area contributed by atoms with Crippen LogP contribution in [0, 0.1) is 10.1 Å². The van der Waals surface area contributed by atoms with Gasteiger partial charge in [0.05, 0.1) is 25.2 Å². The summed E-state index contributed by atoms with van der Waals surface area (Å²) in [6.07, 6.45) is 8.72. The van der Waals surface area contributed by atoms with Crippen LogP contribution in [0.3, 0.4) is 0 Å². The molecule has 0 saturated heterocycles. The predicted molar refractivity (Wildman–Crippen MR) is 141 cm³/mol. The second-order valence-electron chi connectivity index (χ2n) is 9.08. The van der Waals surface area contributed by atoms with E-state index in [2.05, 4.69) is 17.1 Å². The summed E-state index contributed by atoms with van der Waals surface area (Å²) >= 11 is 0. The summed E-state index contributed by atoms with van der Waals surface area (Å²) in [7, 11) is 3.24. The van der Waals surface area contributed by atoms with E-state index < -0.39 is 0 Å². The average molecular weight is 498 g/mol. The molecule has 0 amide bonds. The number of para-hydroxylation sites is 1. The largest absolute Gasteiger partial charge is 0.493 e. The third-order valence-electron chi connectivity index (χ3n) is 6.50. The zero-order chi connectivity index (χ0) is 25.8. The maximum atomic E-state index is 11.6. The molecule has 0 fully saturated rings. The Morgan fingerprint density at radius 1 is 1.06 bits per heavy atom. The van der Waals surface area contributed by atoms with Gasteiger partial charge in [-0.1, -0.05) is 57.2 Å². The van der Waals surface area contributed by atoms with Crippen LogP contribution in [0.1, 0.15) is 56.6 Å². The normalized spacial score (nSPS) is 15.2. The summed E-state index contributed by atoms with van der Waals surface area (Å²) in [6.45, 7) is 3.79. The van der Waals surface area contributed by atoms with Gasteiger partial charge in [-0.3, -0.25) is 10.1 Å². The maximum absolute atomic E-state index is 11.6. The monoisotopic (exact) mass is 497 g/mol. The molecule has 0 radical (unpaired) electrons. The number of nitro groups is 1. The molecule has 36 heavy (non-hydrogen) atoms. The fourth-order valence-electron chi connectivity index (χ4n) is 4.56. The highest BCUT2D eigenvalue weighted by molar-refractivity contribution is 5.48. The number of unbranched alkanes of at least 4 members (excludes halogenated alkanes) is 5. The van der Waals surface area contributed by atoms with Crippen molar-refractivity contribution < 1.29 is 19.1 Å². The Bertz CT molecular complexity index is 996. The summed E-state index contributed by atoms with van der Waals surface area (Å²) in [4.78, 5) is 13.2. The number of hydrogen-bond acceptors (Lipinski definition) is 7. The minimum atomic E-state index is -0.386. The first-order chi connectivity index (χ1) is 17.5. The van der Waals surface area contributed by atoms with Gasteiger partial charge in [0.1, 0.15) is 12.4 Å². The molecule has 1 aliphatic rings. The molecule has 2 aromatic carbocycles. The molecular formula is C28H39N3O5. The zero-order valence-electron chi connectivity index (χ0n) is 21.7. The third kappa shape index (κ3) is 7.80. The number of nitrogens with zero attached hydrogens (tertiary/aromatic N) is 2. The van der Waals surface area contributed by atoms with Crippen LogP contribution in [-0.2, 0) is 13.0 Å². The lowest BCUT2D eigenvalue weighted by atomic mass is 9.93. The van der Waals surface area contributed by atoms with Crippen molar-refractivity contribution in [3.63, 3.8) is 0 Å². The van der Waals surface area contributed by atoms with Gasteiger partial charge in [-0.15, -0.1) is 0 Å². The van der Waals surface area contributed by atoms with Crippen LogP contribution < -0.4 is 19.5 Å². The van der Waals surface area contributed by atoms with Crippen molar-refractivity contribution in [2.75, 3.05) is 27.4 Å². The molecule has 1 N–H and O–H groups in total. The second kappa shape index (κ2) is 14.2. The highest BCUT2D eigenvalue weighted by Gasteiger charge is 2.31. The Balaban J connectivity index is 1.80. The topological polar surface area (TPSA) is 86.1 Å². The first-order valence-electron chi connectivity index (χ1n) is 12.8. The van der Waals surface area contributed by atoms with E-state index in [4.69, 9.17) is 14.2 Å². The van der Waals surface area contributed by atoms with E-state index in [1.54, 1.807) is 14.2 Å². The molecule has 1 atom stereocenters. The van der Waals surface area contributed by atoms with Crippen LogP contribution >= 0.6 is 0 Å². The Morgan fingerprint density at radius 3 is 2.39 bits per heavy atom. The van der Waals surface area contributed by atoms with Crippen LogP contribution in [-0.4, -0.2) is 43.2 Å². The summed E-state index contributed by atoms with van der Waals surface area (Å²) in [5.74, 6) is 2.61. The van der Waals surface area contributed by atoms with Gasteiger partial charge in [-0.2, -0.15) is 0 Å². The number of methoxy groups -OCH3 is 2. The molecule has 1 heterocycles. The minimum absolute atomic E-state index is 0.0981. The van der Waals surface area contributed by atoms with Crippen molar-refractivity contribution in [1.29, 1.82) is 0 Å². The molecule has 0 aromatic heterocycles. The Kier molecular flexibility index (Phi) is 10.7. The predicted octanol–water partition coefficient (Wildman–Crippen LogP) is 5.54. The molecule has 3 rings (SSSR count). The lowest BCUT2D eigenvalue weighted by Crippen LogP contribution is -2.47. The molecule has 0 bridgehead atoms. The molecule has 1 aliphatic heterocycles. The molecule has 8 nitrogen and oxygen atoms in total. The molecule has 1 unspecified atom stereocenters. The zero-order valence-corrected chi connectivity index (χ0v) is 21.7. The van der Waals surface area contributed by atoms with Gasteiger partial charge in [-0.05, 0) is 48.2 Å². The lowest BCUT2D eigenvalue weighted by molar-refractivity contribution is -0.405. The first-order valence-corrected chi connectivity index (χ1v) is 12.8. The maximum Gasteiger partial charge on any atom is 0.274 e. The summed E-state index contributed by atoms with van der Waals surface area (Å²) in [5, 5.41) is 14.9. The van der Waals surface area contributed by atoms with E-state index in [-0.39, 0.29) is 11.0 Å². The highest BCUT2D eigenvalue weighted by atomic mass is 16.6. The van der Waals surface area contributed by atoms with E-state index in [9.17, 15) is 10.1 Å². The van der Waals surface area contributed by atoms with Gasteiger partial charge in [0.2, 0.25) is 0 Å². The number of hydrogen-bond donors (Lipinski definition) is 1. The van der Waals surface area contributed by atoms with Crippen molar-refractivity contribution in [2.45, 2.75) is 64.5 Å². The number of ether oxygens (including phenoxy) is 3. The van der Waals surface area contributed by atoms with Gasteiger partial charge < -0.3 is 24.4 Å². The number of benzene rings is 2. The summed E-state index contributed by atoms with van der Waals surface area (Å²) in [6, 6.07) is 13.5. The smallest absolute Gasteiger partial charge is 0.274 e. The van der Waals surface area contributed by atoms with Crippen molar-refractivity contribution in [3.8, 4) is 17.2 Å². The van der Waals surface area contributed by atoms with Gasteiger partial charge in [0, 0.05) is 13.1 Å². The van der Waals surface area contributed by atoms with Crippen molar-refractivity contribution in [3.05, 3.63) is 75.7 Å². The number of rotatable bonds is 15. The number of fused-ring (bicyclic) bond motifs is 1. The Labute approximate surface area is 214 Å². The van der Waals surface area contributed by atoms with Crippen molar-refractivity contribution >= 4 is 0 Å². The quantitative estimate of drug-likeness (QED) is 0.197. The van der Waals surface area contributed by atoms with Gasteiger partial charge in [0.25, 0.3) is 6.20 Å². The van der Waals surface area contributed by atoms with Crippen LogP contribution in [0.25, 0.3) is 0 Å². The standard InChI is InChI=1S/C28H39N3O5/c1-4-5-6-7-8-12-15-29-28(20-31(32)33)30-19-23-18-27(35-3)26(34-2)17-22(23)16-24(30)21-36-25-13-10-9-11-14-25/h9-11,13-14,17-18,20,24,29H,4-8,12,15-16,19,21H2,1-3H3/b28-20-. The van der Waals surface area contributed by atoms with E-state index in [1.165, 1.54) is 25.7 Å². The first kappa shape index (κ1) is 27.2. The Hall–Kier alpha value is -3.42. The SMILES string of the molecule is CCCCCCCCN/C(=C/[N+](=O)[O-])N1Cc2cc(OC)c(OC)cc2CC1COc1ccccc1. The molecule has 2 aromatic rings. The molecule has 0 saturated carbocycles. The van der Waals surface area contributed by atoms with E-state index in [0.29, 0.717) is 43.4 Å². The van der Waals surface area contributed by atoms with Gasteiger partial charge in [0.15, 0.2) is 17.3 Å². The van der Waals surface area contributed by atoms with Gasteiger partial charge >= 0.3 is 0 Å². The minimum Gasteiger partial charge on any atom is -0.493 e. The summed E-state index contributed by atoms with van der Waals surface area (Å²) < 4.78 is 17.1. The van der Waals surface area contributed by atoms with Crippen LogP contribution in [0.4, 0.5) is 0 Å². The van der Waals surface area contributed by atoms with Crippen LogP contribution in [0.15, 0.2) is 54.5 Å². The van der Waals surface area contributed by atoms with Gasteiger partial charge in [-0.25, -0.2) is 0 Å². The molecule has 8 heteroatoms. The van der Waals surface area contributed by atoms with E-state index >= 15 is 0 Å². The van der Waals surface area contributed by atoms with Crippen LogP contribution in [0.5, 0.6) is 17.2 Å². The third-order valence-corrected chi connectivity index (χ3v) is 6.50.